The number of carbonyl (C=O) groups is 1. The van der Waals surface area contributed by atoms with Crippen LogP contribution in [-0.4, -0.2) is 41.3 Å². The van der Waals surface area contributed by atoms with E-state index in [1.165, 1.54) is 18.2 Å². The molecule has 0 bridgehead atoms. The minimum Gasteiger partial charge on any atom is -0.475 e. The van der Waals surface area contributed by atoms with Gasteiger partial charge in [-0.25, -0.2) is 4.99 Å². The topological polar surface area (TPSA) is 103 Å². The number of hydrogen-bond donors (Lipinski definition) is 0. The van der Waals surface area contributed by atoms with Crippen LogP contribution in [0.1, 0.15) is 52.5 Å². The van der Waals surface area contributed by atoms with Crippen LogP contribution in [0.3, 0.4) is 0 Å². The quantitative estimate of drug-likeness (QED) is 0.352. The molecule has 0 radical (unpaired) electrons. The zero-order valence-electron chi connectivity index (χ0n) is 18.3. The van der Waals surface area contributed by atoms with Gasteiger partial charge in [0.2, 0.25) is 5.90 Å². The van der Waals surface area contributed by atoms with Crippen LogP contribution in [0.25, 0.3) is 0 Å². The van der Waals surface area contributed by atoms with E-state index in [1.54, 1.807) is 13.8 Å². The maximum absolute atomic E-state index is 13.0. The van der Waals surface area contributed by atoms with Crippen molar-refractivity contribution < 1.29 is 19.2 Å². The third kappa shape index (κ3) is 4.49. The molecule has 2 heterocycles. The molecule has 0 saturated heterocycles. The van der Waals surface area contributed by atoms with E-state index < -0.39 is 28.3 Å². The van der Waals surface area contributed by atoms with Crippen molar-refractivity contribution in [3.63, 3.8) is 0 Å². The van der Waals surface area contributed by atoms with Crippen LogP contribution in [0.2, 0.25) is 5.02 Å². The number of non-ortho nitro benzene ring substituents is 1. The number of hydrogen-bond acceptors (Lipinski definition) is 7. The summed E-state index contributed by atoms with van der Waals surface area (Å²) in [4.78, 5) is 33.4. The Morgan fingerprint density at radius 3 is 2.65 bits per heavy atom. The summed E-state index contributed by atoms with van der Waals surface area (Å²) in [5.74, 6) is -1.56. The highest BCUT2D eigenvalue weighted by molar-refractivity contribution is 6.31. The number of nitro benzene ring substituents is 1. The predicted molar refractivity (Wildman–Crippen MR) is 119 cm³/mol. The molecular weight excluding hydrogens is 422 g/mol. The number of carbonyl (C=O) groups excluding carboxylic acids is 1. The molecule has 2 aliphatic rings. The van der Waals surface area contributed by atoms with Gasteiger partial charge in [0.25, 0.3) is 5.69 Å². The summed E-state index contributed by atoms with van der Waals surface area (Å²) in [6.07, 6.45) is 0.564. The monoisotopic (exact) mass is 447 g/mol. The number of allylic oxidation sites excluding steroid dienone is 1. The molecule has 0 fully saturated rings. The minimum absolute atomic E-state index is 0.116. The molecule has 1 aromatic carbocycles. The van der Waals surface area contributed by atoms with Crippen molar-refractivity contribution in [2.24, 2.45) is 15.9 Å². The summed E-state index contributed by atoms with van der Waals surface area (Å²) in [7, 11) is 0. The van der Waals surface area contributed by atoms with E-state index in [0.717, 1.165) is 0 Å². The third-order valence-electron chi connectivity index (χ3n) is 5.31. The molecule has 0 saturated carbocycles. The van der Waals surface area contributed by atoms with Crippen molar-refractivity contribution >= 4 is 34.9 Å². The van der Waals surface area contributed by atoms with Gasteiger partial charge in [0.05, 0.1) is 17.1 Å². The largest absolute Gasteiger partial charge is 0.475 e. The predicted octanol–water partition coefficient (Wildman–Crippen LogP) is 4.86. The van der Waals surface area contributed by atoms with Crippen molar-refractivity contribution in [2.75, 3.05) is 13.2 Å². The van der Waals surface area contributed by atoms with E-state index in [9.17, 15) is 14.9 Å². The average molecular weight is 448 g/mol. The van der Waals surface area contributed by atoms with E-state index in [0.29, 0.717) is 46.5 Å². The second-order valence-electron chi connectivity index (χ2n) is 8.16. The van der Waals surface area contributed by atoms with Crippen LogP contribution in [0, 0.1) is 16.0 Å². The number of ether oxygens (including phenoxy) is 2. The SMILES string of the molecule is CCOC(=O)C1C(C)=NC(CC)=C(C2=NC(C)(C)CO2)C1c1cc([N+](=O)[O-])ccc1Cl. The van der Waals surface area contributed by atoms with Crippen molar-refractivity contribution in [3.8, 4) is 0 Å². The molecule has 2 atom stereocenters. The van der Waals surface area contributed by atoms with E-state index >= 15 is 0 Å². The standard InChI is InChI=1S/C22H26ClN3O5/c1-6-16-19(20-25-22(4,5)11-31-20)18(17(12(3)24-16)21(27)30-7-2)14-10-13(26(28)29)8-9-15(14)23/h8-10,17-18H,6-7,11H2,1-5H3. The second kappa shape index (κ2) is 8.78. The molecule has 0 N–H and O–H groups in total. The van der Waals surface area contributed by atoms with E-state index in [1.807, 2.05) is 20.8 Å². The van der Waals surface area contributed by atoms with Crippen molar-refractivity contribution in [1.29, 1.82) is 0 Å². The molecular formula is C22H26ClN3O5. The Bertz CT molecular complexity index is 1010. The van der Waals surface area contributed by atoms with Gasteiger partial charge in [0, 0.05) is 40.1 Å². The number of nitrogens with zero attached hydrogens (tertiary/aromatic N) is 3. The molecule has 3 rings (SSSR count). The number of esters is 1. The first kappa shape index (κ1) is 22.9. The lowest BCUT2D eigenvalue weighted by atomic mass is 9.75. The Morgan fingerprint density at radius 1 is 1.39 bits per heavy atom. The molecule has 9 heteroatoms. The molecule has 31 heavy (non-hydrogen) atoms. The first-order valence-electron chi connectivity index (χ1n) is 10.2. The first-order valence-corrected chi connectivity index (χ1v) is 10.6. The van der Waals surface area contributed by atoms with Crippen molar-refractivity contribution in [2.45, 2.75) is 52.5 Å². The van der Waals surface area contributed by atoms with Crippen LogP contribution < -0.4 is 0 Å². The third-order valence-corrected chi connectivity index (χ3v) is 5.66. The maximum Gasteiger partial charge on any atom is 0.315 e. The zero-order chi connectivity index (χ0) is 22.9. The fraction of sp³-hybridized carbons (Fsp3) is 0.500. The van der Waals surface area contributed by atoms with Gasteiger partial charge in [-0.2, -0.15) is 0 Å². The molecule has 0 aliphatic carbocycles. The Labute approximate surface area is 186 Å². The summed E-state index contributed by atoms with van der Waals surface area (Å²) < 4.78 is 11.3. The number of aliphatic imine (C=N–C) groups is 2. The molecule has 2 aliphatic heterocycles. The maximum atomic E-state index is 13.0. The van der Waals surface area contributed by atoms with Gasteiger partial charge >= 0.3 is 5.97 Å². The summed E-state index contributed by atoms with van der Waals surface area (Å²) in [6, 6.07) is 4.22. The van der Waals surface area contributed by atoms with Gasteiger partial charge < -0.3 is 9.47 Å². The molecule has 166 valence electrons. The molecule has 1 aromatic rings. The molecule has 0 amide bonds. The summed E-state index contributed by atoms with van der Waals surface area (Å²) in [5, 5.41) is 11.8. The highest BCUT2D eigenvalue weighted by atomic mass is 35.5. The van der Waals surface area contributed by atoms with Gasteiger partial charge in [-0.1, -0.05) is 18.5 Å². The van der Waals surface area contributed by atoms with Crippen molar-refractivity contribution in [3.05, 3.63) is 50.2 Å². The lowest BCUT2D eigenvalue weighted by Gasteiger charge is -2.33. The van der Waals surface area contributed by atoms with Gasteiger partial charge in [0.15, 0.2) is 0 Å². The minimum atomic E-state index is -0.806. The summed E-state index contributed by atoms with van der Waals surface area (Å²) in [6.45, 7) is 9.90. The van der Waals surface area contributed by atoms with Crippen LogP contribution in [0.5, 0.6) is 0 Å². The number of benzene rings is 1. The number of rotatable bonds is 6. The van der Waals surface area contributed by atoms with Crippen LogP contribution in [-0.2, 0) is 14.3 Å². The first-order chi connectivity index (χ1) is 14.6. The Morgan fingerprint density at radius 2 is 2.10 bits per heavy atom. The Kier molecular flexibility index (Phi) is 6.50. The lowest BCUT2D eigenvalue weighted by molar-refractivity contribution is -0.384. The van der Waals surface area contributed by atoms with Gasteiger partial charge in [0.1, 0.15) is 12.5 Å². The number of halogens is 1. The van der Waals surface area contributed by atoms with Gasteiger partial charge in [-0.15, -0.1) is 0 Å². The van der Waals surface area contributed by atoms with Crippen LogP contribution in [0.4, 0.5) is 5.69 Å². The smallest absolute Gasteiger partial charge is 0.315 e. The van der Waals surface area contributed by atoms with Gasteiger partial charge in [-0.05, 0) is 45.7 Å². The number of nitro groups is 1. The van der Waals surface area contributed by atoms with E-state index in [-0.39, 0.29) is 12.3 Å². The molecule has 0 aromatic heterocycles. The summed E-state index contributed by atoms with van der Waals surface area (Å²) in [5.41, 5.74) is 1.79. The highest BCUT2D eigenvalue weighted by Crippen LogP contribution is 2.45. The van der Waals surface area contributed by atoms with Crippen LogP contribution >= 0.6 is 11.6 Å². The normalized spacial score (nSPS) is 22.5. The fourth-order valence-corrected chi connectivity index (χ4v) is 4.17. The second-order valence-corrected chi connectivity index (χ2v) is 8.56. The summed E-state index contributed by atoms with van der Waals surface area (Å²) >= 11 is 6.53. The zero-order valence-corrected chi connectivity index (χ0v) is 19.0. The van der Waals surface area contributed by atoms with E-state index in [2.05, 4.69) is 4.99 Å². The highest BCUT2D eigenvalue weighted by Gasteiger charge is 2.45. The fourth-order valence-electron chi connectivity index (χ4n) is 3.94. The molecule has 0 spiro atoms. The van der Waals surface area contributed by atoms with Gasteiger partial charge in [-0.3, -0.25) is 19.9 Å². The molecule has 2 unspecified atom stereocenters. The molecule has 8 nitrogen and oxygen atoms in total. The Hall–Kier alpha value is -2.74. The van der Waals surface area contributed by atoms with E-state index in [4.69, 9.17) is 26.1 Å². The Balaban J connectivity index is 2.30. The average Bonchev–Trinajstić information content (AvgIpc) is 3.06. The van der Waals surface area contributed by atoms with Crippen molar-refractivity contribution in [1.82, 2.24) is 0 Å². The lowest BCUT2D eigenvalue weighted by Crippen LogP contribution is -2.36. The van der Waals surface area contributed by atoms with Crippen LogP contribution in [0.15, 0.2) is 39.5 Å².